The second kappa shape index (κ2) is 22.6. The number of thioether (sulfide) groups is 1. The number of Topliss-reactive ketones (excluding diaryl/α,β-unsaturated/α-hetero) is 1. The minimum absolute atomic E-state index is 0.0206. The van der Waals surface area contributed by atoms with Crippen molar-refractivity contribution in [2.75, 3.05) is 37.8 Å². The van der Waals surface area contributed by atoms with Crippen LogP contribution in [0.2, 0.25) is 0 Å². The summed E-state index contributed by atoms with van der Waals surface area (Å²) < 4.78 is 62.5. The summed E-state index contributed by atoms with van der Waals surface area (Å²) in [6, 6.07) is 8.03. The van der Waals surface area contributed by atoms with E-state index in [-0.39, 0.29) is 52.8 Å². The molecule has 3 aromatic heterocycles. The summed E-state index contributed by atoms with van der Waals surface area (Å²) >= 11 is 1.55. The Hall–Kier alpha value is -3.68. The fraction of sp³-hybridized carbons (Fsp3) is 0.568. The predicted molar refractivity (Wildman–Crippen MR) is 237 cm³/mol. The van der Waals surface area contributed by atoms with Crippen LogP contribution in [-0.4, -0.2) is 134 Å². The number of rotatable bonds is 26. The molecule has 9 unspecified atom stereocenters. The number of fused-ring (bicyclic) bond motifs is 2. The average molecular weight is 1010 g/mol. The number of carbonyl (C=O) groups excluding carboxylic acids is 3. The van der Waals surface area contributed by atoms with Gasteiger partial charge in [0.05, 0.1) is 19.5 Å². The van der Waals surface area contributed by atoms with E-state index in [4.69, 9.17) is 19.5 Å². The van der Waals surface area contributed by atoms with Crippen LogP contribution in [0.25, 0.3) is 22.1 Å². The van der Waals surface area contributed by atoms with Gasteiger partial charge in [0.15, 0.2) is 17.7 Å². The van der Waals surface area contributed by atoms with Crippen LogP contribution >= 0.6 is 35.2 Å². The maximum atomic E-state index is 12.9. The number of aliphatic hydroxyl groups excluding tert-OH is 2. The van der Waals surface area contributed by atoms with Crippen molar-refractivity contribution in [1.29, 1.82) is 0 Å². The van der Waals surface area contributed by atoms with Gasteiger partial charge < -0.3 is 55.9 Å². The van der Waals surface area contributed by atoms with Crippen LogP contribution < -0.4 is 16.4 Å². The maximum absolute atomic E-state index is 12.9. The topological polar surface area (TPSA) is 379 Å². The first-order chi connectivity index (χ1) is 30.9. The van der Waals surface area contributed by atoms with Gasteiger partial charge in [-0.3, -0.25) is 32.5 Å². The lowest BCUT2D eigenvalue weighted by Gasteiger charge is -2.30. The molecule has 1 saturated heterocycles. The summed E-state index contributed by atoms with van der Waals surface area (Å²) in [7, 11) is -16.4. The smallest absolute Gasteiger partial charge is 0.386 e. The number of nitrogens with zero attached hydrogens (tertiary/aromatic N) is 4. The van der Waals surface area contributed by atoms with Gasteiger partial charge in [-0.05, 0) is 24.5 Å². The van der Waals surface area contributed by atoms with Crippen molar-refractivity contribution in [1.82, 2.24) is 35.1 Å². The number of benzene rings is 1. The van der Waals surface area contributed by atoms with Gasteiger partial charge in [0, 0.05) is 65.4 Å². The largest absolute Gasteiger partial charge is 0.481 e. The quantitative estimate of drug-likeness (QED) is 0.0318. The Morgan fingerprint density at radius 3 is 2.45 bits per heavy atom. The first-order valence-electron chi connectivity index (χ1n) is 20.5. The predicted octanol–water partition coefficient (Wildman–Crippen LogP) is 2.24. The third-order valence-corrected chi connectivity index (χ3v) is 15.1. The van der Waals surface area contributed by atoms with Crippen LogP contribution in [0.15, 0.2) is 43.1 Å². The molecular weight excluding hydrogens is 953 g/mol. The van der Waals surface area contributed by atoms with Crippen LogP contribution in [0.4, 0.5) is 5.82 Å². The van der Waals surface area contributed by atoms with E-state index in [2.05, 4.69) is 45.5 Å². The van der Waals surface area contributed by atoms with Gasteiger partial charge in [-0.2, -0.15) is 16.1 Å². The van der Waals surface area contributed by atoms with E-state index < -0.39 is 78.6 Å². The summed E-state index contributed by atoms with van der Waals surface area (Å²) in [5.41, 5.74) is 6.53. The third kappa shape index (κ3) is 14.7. The zero-order chi connectivity index (χ0) is 48.6. The minimum atomic E-state index is -5.58. The molecule has 11 N–H and O–H groups in total. The van der Waals surface area contributed by atoms with Crippen molar-refractivity contribution in [2.45, 2.75) is 89.3 Å². The molecule has 25 nitrogen and oxygen atoms in total. The van der Waals surface area contributed by atoms with Crippen molar-refractivity contribution in [3.8, 4) is 0 Å². The van der Waals surface area contributed by atoms with Crippen LogP contribution in [0.3, 0.4) is 0 Å². The molecule has 1 aliphatic rings. The molecule has 0 bridgehead atoms. The molecule has 0 saturated carbocycles. The highest BCUT2D eigenvalue weighted by atomic mass is 32.2. The molecule has 1 aliphatic heterocycles. The normalized spacial score (nSPS) is 21.2. The summed E-state index contributed by atoms with van der Waals surface area (Å²) in [5, 5.41) is 27.9. The number of aliphatic hydroxyl groups is 2. The number of carbonyl (C=O) groups is 3. The van der Waals surface area contributed by atoms with E-state index in [9.17, 15) is 57.9 Å². The average Bonchev–Trinajstić information content (AvgIpc) is 3.95. The van der Waals surface area contributed by atoms with Crippen molar-refractivity contribution in [3.05, 3.63) is 48.7 Å². The Labute approximate surface area is 382 Å². The number of phosphoric acid groups is 3. The molecule has 66 heavy (non-hydrogen) atoms. The van der Waals surface area contributed by atoms with Crippen LogP contribution in [-0.2, 0) is 57.1 Å². The molecule has 366 valence electrons. The van der Waals surface area contributed by atoms with Gasteiger partial charge in [-0.15, -0.1) is 0 Å². The summed E-state index contributed by atoms with van der Waals surface area (Å²) in [6.07, 6.45) is -2.91. The van der Waals surface area contributed by atoms with E-state index in [1.54, 1.807) is 11.8 Å². The number of imidazole rings is 1. The molecular formula is C37H55N8O17P3S. The lowest BCUT2D eigenvalue weighted by atomic mass is 9.87. The molecule has 1 aromatic carbocycles. The van der Waals surface area contributed by atoms with Crippen molar-refractivity contribution < 1.29 is 80.5 Å². The number of aromatic nitrogens is 5. The van der Waals surface area contributed by atoms with Gasteiger partial charge in [-0.1, -0.05) is 45.9 Å². The molecule has 0 radical (unpaired) electrons. The summed E-state index contributed by atoms with van der Waals surface area (Å²) in [6.45, 7) is 4.52. The molecule has 9 atom stereocenters. The Morgan fingerprint density at radius 1 is 1.02 bits per heavy atom. The highest BCUT2D eigenvalue weighted by molar-refractivity contribution is 7.99. The SMILES string of the molecule is CC(SCCNC(=O)CCNC(=O)C(O)C(C)(C)COP(=O)(O)OP(=O)(O)OCC1OC(n2cnc3c(N)ncnc32)C(O)C1OP(=O)(O)O)C(C)C(=O)CCCc1c[nH]c2ccccc12. The number of hydrogen-bond donors (Lipinski definition) is 10. The number of amides is 2. The Balaban J connectivity index is 0.991. The highest BCUT2D eigenvalue weighted by Gasteiger charge is 2.50. The van der Waals surface area contributed by atoms with Gasteiger partial charge in [0.1, 0.15) is 42.0 Å². The number of aromatic amines is 1. The number of H-pyrrole nitrogens is 1. The number of aryl methyl sites for hydroxylation is 1. The van der Waals surface area contributed by atoms with E-state index in [1.807, 2.05) is 38.2 Å². The lowest BCUT2D eigenvalue weighted by molar-refractivity contribution is -0.137. The molecule has 1 fully saturated rings. The number of nitrogens with one attached hydrogen (secondary N) is 3. The Morgan fingerprint density at radius 2 is 1.73 bits per heavy atom. The van der Waals surface area contributed by atoms with Gasteiger partial charge in [-0.25, -0.2) is 28.6 Å². The van der Waals surface area contributed by atoms with E-state index >= 15 is 0 Å². The highest BCUT2D eigenvalue weighted by Crippen LogP contribution is 2.61. The zero-order valence-electron chi connectivity index (χ0n) is 36.2. The maximum Gasteiger partial charge on any atom is 0.481 e. The zero-order valence-corrected chi connectivity index (χ0v) is 39.7. The molecule has 2 amide bonds. The lowest BCUT2D eigenvalue weighted by Crippen LogP contribution is -2.46. The van der Waals surface area contributed by atoms with Crippen LogP contribution in [0.1, 0.15) is 58.7 Å². The van der Waals surface area contributed by atoms with Crippen molar-refractivity contribution >= 4 is 80.7 Å². The fourth-order valence-corrected chi connectivity index (χ4v) is 10.7. The van der Waals surface area contributed by atoms with E-state index in [1.165, 1.54) is 19.4 Å². The number of hydrogen-bond acceptors (Lipinski definition) is 18. The fourth-order valence-electron chi connectivity index (χ4n) is 6.80. The van der Waals surface area contributed by atoms with Crippen LogP contribution in [0, 0.1) is 11.3 Å². The molecule has 0 aliphatic carbocycles. The number of phosphoric ester groups is 3. The number of ether oxygens (including phenoxy) is 1. The third-order valence-electron chi connectivity index (χ3n) is 10.6. The number of para-hydroxylation sites is 1. The first kappa shape index (κ1) is 53.3. The standard InChI is InChI=1S/C37H55N8O17P3S/c1-21(26(46)11-7-8-23-16-41-25-10-6-5-9-24(23)25)22(2)66-15-14-39-28(47)12-13-40-35(50)32(49)37(3,4)18-59-65(56,57)62-64(54,55)58-17-27-31(61-63(51,52)53)30(48)36(60-27)45-20-44-29-33(38)42-19-43-34(29)45/h5-6,9-10,16,19-22,27,30-32,36,41,48-49H,7-8,11-15,17-18H2,1-4H3,(H,39,47)(H,40,50)(H,54,55)(H,56,57)(H2,38,42,43)(H2,51,52,53). The van der Waals surface area contributed by atoms with E-state index in [0.29, 0.717) is 18.7 Å². The number of nitrogens with two attached hydrogens (primary N) is 1. The monoisotopic (exact) mass is 1010 g/mol. The van der Waals surface area contributed by atoms with Crippen molar-refractivity contribution in [2.24, 2.45) is 11.3 Å². The van der Waals surface area contributed by atoms with Crippen molar-refractivity contribution in [3.63, 3.8) is 0 Å². The van der Waals surface area contributed by atoms with Gasteiger partial charge >= 0.3 is 23.5 Å². The van der Waals surface area contributed by atoms with Gasteiger partial charge in [0.2, 0.25) is 11.8 Å². The minimum Gasteiger partial charge on any atom is -0.386 e. The summed E-state index contributed by atoms with van der Waals surface area (Å²) in [5.74, 6) is -0.846. The molecule has 5 rings (SSSR count). The molecule has 0 spiro atoms. The Bertz CT molecular complexity index is 2470. The van der Waals surface area contributed by atoms with Gasteiger partial charge in [0.25, 0.3) is 0 Å². The number of nitrogen functional groups attached to an aromatic ring is 1. The first-order valence-corrected chi connectivity index (χ1v) is 26.0. The molecule has 29 heteroatoms. The van der Waals surface area contributed by atoms with E-state index in [0.717, 1.165) is 41.0 Å². The number of anilines is 1. The second-order valence-corrected chi connectivity index (χ2v) is 21.8. The molecule has 4 aromatic rings. The second-order valence-electron chi connectivity index (χ2n) is 16.1. The summed E-state index contributed by atoms with van der Waals surface area (Å²) in [4.78, 5) is 92.5. The van der Waals surface area contributed by atoms with Crippen LogP contribution in [0.5, 0.6) is 0 Å². The Kier molecular flexibility index (Phi) is 18.3. The molecule has 4 heterocycles. The number of ketones is 1.